The Morgan fingerprint density at radius 1 is 0.967 bits per heavy atom. The largest absolute Gasteiger partial charge is 0.494 e. The summed E-state index contributed by atoms with van der Waals surface area (Å²) in [5.74, 6) is 0.0646. The summed E-state index contributed by atoms with van der Waals surface area (Å²) in [5, 5.41) is 30.7. The van der Waals surface area contributed by atoms with E-state index in [0.717, 1.165) is 38.3 Å². The molecule has 0 radical (unpaired) electrons. The third kappa shape index (κ3) is 3.15. The molecule has 30 heavy (non-hydrogen) atoms. The average molecular weight is 389 g/mol. The molecule has 5 rings (SSSR count). The van der Waals surface area contributed by atoms with Crippen LogP contribution in [0.3, 0.4) is 0 Å². The maximum Gasteiger partial charge on any atom is 0.196 e. The lowest BCUT2D eigenvalue weighted by atomic mass is 10.1. The molecular weight excluding hydrogens is 374 g/mol. The van der Waals surface area contributed by atoms with E-state index in [1.165, 1.54) is 0 Å². The molecule has 2 aromatic heterocycles. The van der Waals surface area contributed by atoms with Crippen molar-refractivity contribution in [2.24, 2.45) is 10.2 Å². The SMILES string of the molecule is N#Cc1ccc2[nH]c(O)c(/C=c3\ccc4c(c3)N=NC=4/C=C/c3ccncc3)c2c1. The van der Waals surface area contributed by atoms with Gasteiger partial charge in [0.25, 0.3) is 0 Å². The number of rotatable bonds is 3. The minimum Gasteiger partial charge on any atom is -0.494 e. The summed E-state index contributed by atoms with van der Waals surface area (Å²) >= 11 is 0. The van der Waals surface area contributed by atoms with E-state index in [1.54, 1.807) is 30.6 Å². The molecule has 6 heteroatoms. The predicted molar refractivity (Wildman–Crippen MR) is 115 cm³/mol. The number of benzene rings is 2. The van der Waals surface area contributed by atoms with Crippen molar-refractivity contribution in [3.8, 4) is 11.9 Å². The second-order valence-electron chi connectivity index (χ2n) is 6.88. The molecular formula is C24H15N5O. The van der Waals surface area contributed by atoms with Crippen LogP contribution in [0, 0.1) is 11.3 Å². The molecule has 0 aliphatic carbocycles. The van der Waals surface area contributed by atoms with E-state index < -0.39 is 0 Å². The van der Waals surface area contributed by atoms with Gasteiger partial charge in [0, 0.05) is 34.1 Å². The van der Waals surface area contributed by atoms with Crippen LogP contribution in [0.4, 0.5) is 5.69 Å². The number of H-pyrrole nitrogens is 1. The zero-order valence-corrected chi connectivity index (χ0v) is 15.7. The second kappa shape index (κ2) is 7.15. The van der Waals surface area contributed by atoms with Gasteiger partial charge < -0.3 is 10.1 Å². The molecule has 4 aromatic rings. The van der Waals surface area contributed by atoms with Crippen LogP contribution in [0.25, 0.3) is 28.8 Å². The summed E-state index contributed by atoms with van der Waals surface area (Å²) < 4.78 is 0. The van der Waals surface area contributed by atoms with Crippen molar-refractivity contribution >= 4 is 34.4 Å². The van der Waals surface area contributed by atoms with E-state index >= 15 is 0 Å². The fraction of sp³-hybridized carbons (Fsp3) is 0. The first-order valence-electron chi connectivity index (χ1n) is 9.32. The zero-order chi connectivity index (χ0) is 20.5. The first-order valence-corrected chi connectivity index (χ1v) is 9.32. The molecule has 0 fully saturated rings. The Kier molecular flexibility index (Phi) is 4.19. The standard InChI is InChI=1S/C24H15N5O/c25-14-17-3-5-21-19(12-17)20(24(30)27-21)11-16-1-4-18-22(28-29-23(18)13-16)6-2-15-7-9-26-10-8-15/h1-13,27,30H/b6-2+,16-11+. The molecule has 0 unspecified atom stereocenters. The third-order valence-electron chi connectivity index (χ3n) is 4.96. The van der Waals surface area contributed by atoms with Gasteiger partial charge in [0.05, 0.1) is 23.0 Å². The Bertz CT molecular complexity index is 1510. The number of nitriles is 1. The number of fused-ring (bicyclic) bond motifs is 2. The van der Waals surface area contributed by atoms with Crippen LogP contribution >= 0.6 is 0 Å². The normalized spacial score (nSPS) is 13.3. The van der Waals surface area contributed by atoms with Gasteiger partial charge in [-0.25, -0.2) is 0 Å². The van der Waals surface area contributed by atoms with E-state index in [2.05, 4.69) is 26.3 Å². The number of pyridine rings is 1. The van der Waals surface area contributed by atoms with Gasteiger partial charge in [-0.2, -0.15) is 5.26 Å². The minimum atomic E-state index is 0.0646. The van der Waals surface area contributed by atoms with E-state index in [4.69, 9.17) is 5.26 Å². The van der Waals surface area contributed by atoms with Crippen LogP contribution in [-0.4, -0.2) is 15.1 Å². The van der Waals surface area contributed by atoms with E-state index in [-0.39, 0.29) is 5.88 Å². The molecule has 3 heterocycles. The van der Waals surface area contributed by atoms with E-state index in [9.17, 15) is 5.11 Å². The van der Waals surface area contributed by atoms with Crippen molar-refractivity contribution in [2.75, 3.05) is 0 Å². The van der Waals surface area contributed by atoms with Gasteiger partial charge in [0.1, 0.15) is 0 Å². The first kappa shape index (κ1) is 17.6. The quantitative estimate of drug-likeness (QED) is 0.556. The Morgan fingerprint density at radius 2 is 1.83 bits per heavy atom. The summed E-state index contributed by atoms with van der Waals surface area (Å²) in [4.78, 5) is 6.96. The highest BCUT2D eigenvalue weighted by Crippen LogP contribution is 2.28. The summed E-state index contributed by atoms with van der Waals surface area (Å²) in [6.07, 6.45) is 9.27. The Morgan fingerprint density at radius 3 is 2.67 bits per heavy atom. The second-order valence-corrected chi connectivity index (χ2v) is 6.88. The number of hydrogen-bond donors (Lipinski definition) is 2. The minimum absolute atomic E-state index is 0.0646. The highest BCUT2D eigenvalue weighted by molar-refractivity contribution is 5.92. The van der Waals surface area contributed by atoms with E-state index in [0.29, 0.717) is 11.1 Å². The molecule has 1 aliphatic rings. The molecule has 2 N–H and O–H groups in total. The smallest absolute Gasteiger partial charge is 0.196 e. The molecule has 0 bridgehead atoms. The lowest BCUT2D eigenvalue weighted by Crippen LogP contribution is -2.08. The van der Waals surface area contributed by atoms with E-state index in [1.807, 2.05) is 48.6 Å². The topological polar surface area (TPSA) is 97.4 Å². The van der Waals surface area contributed by atoms with Crippen molar-refractivity contribution in [3.05, 3.63) is 94.1 Å². The number of hydrogen-bond acceptors (Lipinski definition) is 5. The van der Waals surface area contributed by atoms with Gasteiger partial charge >= 0.3 is 0 Å². The fourth-order valence-electron chi connectivity index (χ4n) is 3.45. The van der Waals surface area contributed by atoms with Gasteiger partial charge in [-0.05, 0) is 65.4 Å². The molecule has 142 valence electrons. The lowest BCUT2D eigenvalue weighted by molar-refractivity contribution is 0.457. The van der Waals surface area contributed by atoms with Crippen molar-refractivity contribution in [3.63, 3.8) is 0 Å². The Hall–Kier alpha value is -4.50. The Labute approximate surface area is 171 Å². The van der Waals surface area contributed by atoms with Crippen molar-refractivity contribution in [2.45, 2.75) is 0 Å². The van der Waals surface area contributed by atoms with Gasteiger partial charge in [-0.15, -0.1) is 10.2 Å². The number of aromatic amines is 1. The van der Waals surface area contributed by atoms with Gasteiger partial charge in [0.2, 0.25) is 0 Å². The Balaban J connectivity index is 1.57. The third-order valence-corrected chi connectivity index (χ3v) is 4.96. The maximum atomic E-state index is 10.3. The summed E-state index contributed by atoms with van der Waals surface area (Å²) in [7, 11) is 0. The number of nitrogens with zero attached hydrogens (tertiary/aromatic N) is 4. The number of azo groups is 1. The number of aromatic nitrogens is 2. The fourth-order valence-corrected chi connectivity index (χ4v) is 3.45. The molecule has 0 spiro atoms. The molecule has 0 atom stereocenters. The zero-order valence-electron chi connectivity index (χ0n) is 15.7. The number of nitrogens with one attached hydrogen (secondary N) is 1. The van der Waals surface area contributed by atoms with Gasteiger partial charge in [0.15, 0.2) is 5.88 Å². The highest BCUT2D eigenvalue weighted by Gasteiger charge is 2.10. The van der Waals surface area contributed by atoms with Gasteiger partial charge in [-0.1, -0.05) is 12.1 Å². The predicted octanol–water partition coefficient (Wildman–Crippen LogP) is 3.89. The van der Waals surface area contributed by atoms with Crippen LogP contribution in [0.5, 0.6) is 5.88 Å². The maximum absolute atomic E-state index is 10.3. The monoisotopic (exact) mass is 389 g/mol. The molecule has 2 aromatic carbocycles. The van der Waals surface area contributed by atoms with Gasteiger partial charge in [-0.3, -0.25) is 4.98 Å². The van der Waals surface area contributed by atoms with Crippen LogP contribution in [-0.2, 0) is 0 Å². The van der Waals surface area contributed by atoms with Crippen molar-refractivity contribution in [1.29, 1.82) is 5.26 Å². The first-order chi connectivity index (χ1) is 14.7. The van der Waals surface area contributed by atoms with Crippen molar-refractivity contribution < 1.29 is 5.11 Å². The molecule has 0 saturated heterocycles. The summed E-state index contributed by atoms with van der Waals surface area (Å²) in [5.41, 5.74) is 4.56. The lowest BCUT2D eigenvalue weighted by Gasteiger charge is -1.95. The molecule has 0 amide bonds. The number of aromatic hydroxyl groups is 1. The molecule has 1 aliphatic heterocycles. The van der Waals surface area contributed by atoms with Crippen LogP contribution in [0.15, 0.2) is 77.2 Å². The van der Waals surface area contributed by atoms with Crippen molar-refractivity contribution in [1.82, 2.24) is 9.97 Å². The molecule has 0 saturated carbocycles. The molecule has 6 nitrogen and oxygen atoms in total. The van der Waals surface area contributed by atoms with Crippen LogP contribution in [0.2, 0.25) is 0 Å². The highest BCUT2D eigenvalue weighted by atomic mass is 16.3. The van der Waals surface area contributed by atoms with Crippen LogP contribution < -0.4 is 10.4 Å². The van der Waals surface area contributed by atoms with Crippen LogP contribution in [0.1, 0.15) is 16.7 Å². The average Bonchev–Trinajstić information content (AvgIpc) is 3.32. The summed E-state index contributed by atoms with van der Waals surface area (Å²) in [6, 6.07) is 17.1. The summed E-state index contributed by atoms with van der Waals surface area (Å²) in [6.45, 7) is 0.